The molecule has 1 atom stereocenters. The molecule has 0 saturated heterocycles. The highest BCUT2D eigenvalue weighted by Gasteiger charge is 2.08. The Balaban J connectivity index is 3.73. The van der Waals surface area contributed by atoms with Crippen LogP contribution in [0.15, 0.2) is 10.1 Å². The normalized spacial score (nSPS) is 12.0. The molecule has 0 bridgehead atoms. The quantitative estimate of drug-likeness (QED) is 0.178. The Hall–Kier alpha value is -1.70. The van der Waals surface area contributed by atoms with Crippen LogP contribution in [0.1, 0.15) is 46.0 Å². The molecule has 0 heterocycles. The second kappa shape index (κ2) is 12.1. The van der Waals surface area contributed by atoms with Gasteiger partial charge in [0.1, 0.15) is 0 Å². The first-order valence-electron chi connectivity index (χ1n) is 7.33. The van der Waals surface area contributed by atoms with Gasteiger partial charge < -0.3 is 32.5 Å². The monoisotopic (exact) mass is 302 g/mol. The van der Waals surface area contributed by atoms with E-state index in [0.29, 0.717) is 12.3 Å². The maximum atomic E-state index is 5.54. The number of ether oxygens (including phenoxy) is 1. The van der Waals surface area contributed by atoms with E-state index in [0.717, 1.165) is 38.9 Å². The number of unbranched alkanes of at least 4 members (excludes halogenated alkanes) is 2. The molecule has 0 aliphatic heterocycles. The van der Waals surface area contributed by atoms with Crippen molar-refractivity contribution in [3.63, 3.8) is 0 Å². The van der Waals surface area contributed by atoms with Crippen LogP contribution >= 0.6 is 0 Å². The van der Waals surface area contributed by atoms with Gasteiger partial charge in [0.2, 0.25) is 12.2 Å². The lowest BCUT2D eigenvalue weighted by molar-refractivity contribution is 0.0558. The zero-order chi connectivity index (χ0) is 16.1. The molecule has 21 heavy (non-hydrogen) atoms. The summed E-state index contributed by atoms with van der Waals surface area (Å²) in [4.78, 5) is 8.96. The van der Waals surface area contributed by atoms with Crippen LogP contribution in [-0.4, -0.2) is 31.4 Å². The van der Waals surface area contributed by atoms with Crippen molar-refractivity contribution in [2.45, 2.75) is 52.2 Å². The van der Waals surface area contributed by atoms with Crippen LogP contribution in [0.25, 0.3) is 0 Å². The summed E-state index contributed by atoms with van der Waals surface area (Å²) in [6.07, 6.45) is 4.08. The molecule has 0 spiro atoms. The topological polar surface area (TPSA) is 147 Å². The fourth-order valence-electron chi connectivity index (χ4n) is 1.55. The van der Waals surface area contributed by atoms with Crippen molar-refractivity contribution in [2.24, 2.45) is 39.0 Å². The van der Waals surface area contributed by atoms with E-state index in [4.69, 9.17) is 32.5 Å². The van der Waals surface area contributed by atoms with Crippen molar-refractivity contribution in [1.82, 2.24) is 0 Å². The van der Waals surface area contributed by atoms with Gasteiger partial charge in [-0.1, -0.05) is 20.3 Å². The second-order valence-corrected chi connectivity index (χ2v) is 5.27. The molecule has 0 radical (unpaired) electrons. The minimum absolute atomic E-state index is 0.0530. The van der Waals surface area contributed by atoms with Crippen molar-refractivity contribution < 1.29 is 9.57 Å². The van der Waals surface area contributed by atoms with Crippen LogP contribution in [0.5, 0.6) is 0 Å². The lowest BCUT2D eigenvalue weighted by Crippen LogP contribution is -2.27. The zero-order valence-electron chi connectivity index (χ0n) is 13.1. The van der Waals surface area contributed by atoms with Crippen molar-refractivity contribution in [2.75, 3.05) is 13.2 Å². The predicted octanol–water partition coefficient (Wildman–Crippen LogP) is 0.414. The minimum atomic E-state index is -0.557. The third-order valence-corrected chi connectivity index (χ3v) is 2.65. The first-order valence-corrected chi connectivity index (χ1v) is 7.33. The molecule has 0 aliphatic rings. The highest BCUT2D eigenvalue weighted by atomic mass is 16.6. The molecule has 124 valence electrons. The zero-order valence-corrected chi connectivity index (χ0v) is 13.1. The van der Waals surface area contributed by atoms with Gasteiger partial charge in [0, 0.05) is 19.6 Å². The highest BCUT2D eigenvalue weighted by Crippen LogP contribution is 2.09. The van der Waals surface area contributed by atoms with E-state index in [1.165, 1.54) is 0 Å². The third kappa shape index (κ3) is 14.5. The van der Waals surface area contributed by atoms with Crippen LogP contribution in [0, 0.1) is 5.92 Å². The number of nitrogens with two attached hydrogens (primary N) is 4. The number of nitrogens with zero attached hydrogens (tertiary/aromatic N) is 2. The minimum Gasteiger partial charge on any atom is -0.381 e. The van der Waals surface area contributed by atoms with E-state index < -0.39 is 6.23 Å². The molecule has 8 heteroatoms. The summed E-state index contributed by atoms with van der Waals surface area (Å²) in [5.74, 6) is 0.463. The van der Waals surface area contributed by atoms with Crippen molar-refractivity contribution in [1.29, 1.82) is 0 Å². The molecule has 0 rings (SSSR count). The van der Waals surface area contributed by atoms with E-state index in [9.17, 15) is 0 Å². The van der Waals surface area contributed by atoms with E-state index >= 15 is 0 Å². The van der Waals surface area contributed by atoms with E-state index in [2.05, 4.69) is 24.0 Å². The van der Waals surface area contributed by atoms with Gasteiger partial charge in [-0.15, -0.1) is 0 Å². The lowest BCUT2D eigenvalue weighted by Gasteiger charge is -2.11. The summed E-state index contributed by atoms with van der Waals surface area (Å²) >= 11 is 0. The predicted molar refractivity (Wildman–Crippen MR) is 85.2 cm³/mol. The van der Waals surface area contributed by atoms with Crippen LogP contribution in [0.2, 0.25) is 0 Å². The maximum absolute atomic E-state index is 5.54. The number of hydrogen-bond acceptors (Lipinski definition) is 4. The third-order valence-electron chi connectivity index (χ3n) is 2.65. The first kappa shape index (κ1) is 19.3. The Morgan fingerprint density at radius 3 is 2.19 bits per heavy atom. The Bertz CT molecular complexity index is 312. The molecule has 0 saturated carbocycles. The average molecular weight is 302 g/mol. The molecule has 0 fully saturated rings. The Morgan fingerprint density at radius 2 is 1.62 bits per heavy atom. The van der Waals surface area contributed by atoms with Gasteiger partial charge in [0.05, 0.1) is 0 Å². The standard InChI is InChI=1S/C13H30N6O2/c1-10(2)7-9-20-8-5-3-4-6-11(18-12(14)15)21-19-13(16)17/h10-11H,3-9H2,1-2H3,(H4,14,15,18)(H4,16,17,19). The van der Waals surface area contributed by atoms with Gasteiger partial charge in [-0.05, 0) is 30.3 Å². The fraction of sp³-hybridized carbons (Fsp3) is 0.846. The molecule has 0 amide bonds. The van der Waals surface area contributed by atoms with Crippen LogP contribution in [0.4, 0.5) is 0 Å². The number of guanidine groups is 2. The van der Waals surface area contributed by atoms with Gasteiger partial charge in [-0.25, -0.2) is 4.99 Å². The first-order chi connectivity index (χ1) is 9.91. The molecular weight excluding hydrogens is 272 g/mol. The highest BCUT2D eigenvalue weighted by molar-refractivity contribution is 5.76. The summed E-state index contributed by atoms with van der Waals surface area (Å²) in [5.41, 5.74) is 21.0. The molecule has 0 aromatic carbocycles. The molecule has 8 N–H and O–H groups in total. The molecular formula is C13H30N6O2. The summed E-state index contributed by atoms with van der Waals surface area (Å²) in [5, 5.41) is 3.46. The summed E-state index contributed by atoms with van der Waals surface area (Å²) in [7, 11) is 0. The SMILES string of the molecule is CC(C)CCOCCCCCC(N=C(N)N)ON=C(N)N. The number of rotatable bonds is 12. The maximum Gasteiger partial charge on any atom is 0.228 e. The van der Waals surface area contributed by atoms with E-state index in [-0.39, 0.29) is 11.9 Å². The Labute approximate surface area is 126 Å². The van der Waals surface area contributed by atoms with Crippen LogP contribution in [0.3, 0.4) is 0 Å². The number of aliphatic imine (C=N–C) groups is 1. The molecule has 1 unspecified atom stereocenters. The van der Waals surface area contributed by atoms with Gasteiger partial charge in [0.25, 0.3) is 0 Å². The summed E-state index contributed by atoms with van der Waals surface area (Å²) < 4.78 is 5.54. The fourth-order valence-corrected chi connectivity index (χ4v) is 1.55. The molecule has 0 aromatic heterocycles. The van der Waals surface area contributed by atoms with E-state index in [1.807, 2.05) is 0 Å². The second-order valence-electron chi connectivity index (χ2n) is 5.27. The number of hydrogen-bond donors (Lipinski definition) is 4. The van der Waals surface area contributed by atoms with Gasteiger partial charge >= 0.3 is 0 Å². The summed E-state index contributed by atoms with van der Waals surface area (Å²) in [6.45, 7) is 5.96. The van der Waals surface area contributed by atoms with E-state index in [1.54, 1.807) is 0 Å². The van der Waals surface area contributed by atoms with Gasteiger partial charge in [-0.3, -0.25) is 0 Å². The Kier molecular flexibility index (Phi) is 11.1. The summed E-state index contributed by atoms with van der Waals surface area (Å²) in [6, 6.07) is 0. The Morgan fingerprint density at radius 1 is 0.905 bits per heavy atom. The van der Waals surface area contributed by atoms with Gasteiger partial charge in [-0.2, -0.15) is 0 Å². The average Bonchev–Trinajstić information content (AvgIpc) is 2.37. The van der Waals surface area contributed by atoms with Gasteiger partial charge in [0.15, 0.2) is 5.96 Å². The lowest BCUT2D eigenvalue weighted by atomic mass is 10.1. The van der Waals surface area contributed by atoms with Crippen molar-refractivity contribution >= 4 is 11.9 Å². The molecule has 8 nitrogen and oxygen atoms in total. The molecule has 0 aromatic rings. The van der Waals surface area contributed by atoms with Crippen molar-refractivity contribution in [3.8, 4) is 0 Å². The number of oxime groups is 1. The smallest absolute Gasteiger partial charge is 0.228 e. The molecule has 0 aliphatic carbocycles. The van der Waals surface area contributed by atoms with Crippen LogP contribution < -0.4 is 22.9 Å². The van der Waals surface area contributed by atoms with Crippen LogP contribution in [-0.2, 0) is 9.57 Å². The largest absolute Gasteiger partial charge is 0.381 e. The van der Waals surface area contributed by atoms with Crippen molar-refractivity contribution in [3.05, 3.63) is 0 Å².